The fourth-order valence-electron chi connectivity index (χ4n) is 4.26. The lowest BCUT2D eigenvalue weighted by Gasteiger charge is -2.34. The molecule has 0 bridgehead atoms. The van der Waals surface area contributed by atoms with Gasteiger partial charge in [0, 0.05) is 12.6 Å². The molecule has 1 heterocycles. The number of nitrogens with one attached hydrogen (secondary N) is 1. The quantitative estimate of drug-likeness (QED) is 0.838. The Bertz CT molecular complexity index is 371. The maximum atomic E-state index is 9.72. The van der Waals surface area contributed by atoms with Gasteiger partial charge in [-0.25, -0.2) is 0 Å². The molecule has 2 saturated carbocycles. The van der Waals surface area contributed by atoms with Crippen LogP contribution >= 0.6 is 0 Å². The maximum Gasteiger partial charge on any atom is 0.109 e. The zero-order chi connectivity index (χ0) is 14.0. The lowest BCUT2D eigenvalue weighted by Crippen LogP contribution is -2.49. The van der Waals surface area contributed by atoms with Crippen molar-refractivity contribution in [2.45, 2.75) is 69.9 Å². The number of hydrogen-bond donors (Lipinski definition) is 1. The second-order valence-electron chi connectivity index (χ2n) is 7.43. The van der Waals surface area contributed by atoms with Crippen LogP contribution in [-0.2, 0) is 0 Å². The van der Waals surface area contributed by atoms with Crippen LogP contribution in [0.2, 0.25) is 0 Å². The highest BCUT2D eigenvalue weighted by Crippen LogP contribution is 2.40. The van der Waals surface area contributed by atoms with E-state index >= 15 is 0 Å². The predicted molar refractivity (Wildman–Crippen MR) is 81.3 cm³/mol. The van der Waals surface area contributed by atoms with Crippen molar-refractivity contribution in [2.24, 2.45) is 11.8 Å². The Morgan fingerprint density at radius 1 is 1.25 bits per heavy atom. The zero-order valence-electron chi connectivity index (χ0n) is 12.9. The Balaban J connectivity index is 1.53. The average molecular weight is 275 g/mol. The van der Waals surface area contributed by atoms with Gasteiger partial charge in [0.15, 0.2) is 0 Å². The van der Waals surface area contributed by atoms with Crippen molar-refractivity contribution in [3.63, 3.8) is 0 Å². The van der Waals surface area contributed by atoms with E-state index < -0.39 is 0 Å². The summed E-state index contributed by atoms with van der Waals surface area (Å²) in [7, 11) is 0. The minimum absolute atomic E-state index is 0.192. The molecule has 3 aliphatic rings. The monoisotopic (exact) mass is 275 g/mol. The number of nitrogens with zero attached hydrogens (tertiary/aromatic N) is 2. The molecule has 0 spiro atoms. The molecule has 3 atom stereocenters. The molecule has 1 saturated heterocycles. The highest BCUT2D eigenvalue weighted by molar-refractivity contribution is 5.16. The van der Waals surface area contributed by atoms with Crippen molar-refractivity contribution in [1.82, 2.24) is 10.2 Å². The van der Waals surface area contributed by atoms with E-state index in [4.69, 9.17) is 0 Å². The Morgan fingerprint density at radius 2 is 2.10 bits per heavy atom. The van der Waals surface area contributed by atoms with Gasteiger partial charge in [0.2, 0.25) is 0 Å². The van der Waals surface area contributed by atoms with Crippen LogP contribution in [0, 0.1) is 23.2 Å². The maximum absolute atomic E-state index is 9.72. The summed E-state index contributed by atoms with van der Waals surface area (Å²) in [6.07, 6.45) is 10.1. The van der Waals surface area contributed by atoms with Gasteiger partial charge in [-0.2, -0.15) is 5.26 Å². The van der Waals surface area contributed by atoms with Crippen LogP contribution in [0.5, 0.6) is 0 Å². The first-order chi connectivity index (χ1) is 9.72. The van der Waals surface area contributed by atoms with E-state index in [9.17, 15) is 5.26 Å². The normalized spacial score (nSPS) is 38.8. The van der Waals surface area contributed by atoms with E-state index in [0.29, 0.717) is 12.0 Å². The third-order valence-electron chi connectivity index (χ3n) is 5.59. The van der Waals surface area contributed by atoms with E-state index in [0.717, 1.165) is 12.3 Å². The average Bonchev–Trinajstić information content (AvgIpc) is 3.16. The SMILES string of the molecule is CC1CCCN(CCC2CCCC2(C#N)NC2CC2)C1. The molecule has 0 aromatic heterocycles. The first kappa shape index (κ1) is 14.4. The second kappa shape index (κ2) is 6.03. The third kappa shape index (κ3) is 3.18. The highest BCUT2D eigenvalue weighted by Gasteiger charge is 2.45. The summed E-state index contributed by atoms with van der Waals surface area (Å²) in [6, 6.07) is 3.31. The fraction of sp³-hybridized carbons (Fsp3) is 0.941. The molecule has 0 aromatic rings. The van der Waals surface area contributed by atoms with E-state index in [-0.39, 0.29) is 5.54 Å². The summed E-state index contributed by atoms with van der Waals surface area (Å²) in [5.41, 5.74) is -0.192. The standard InChI is InChI=1S/C17H29N3/c1-14-4-3-10-20(12-14)11-8-15-5-2-9-17(15,13-18)19-16-6-7-16/h14-16,19H,2-12H2,1H3. The number of hydrogen-bond acceptors (Lipinski definition) is 3. The summed E-state index contributed by atoms with van der Waals surface area (Å²) >= 11 is 0. The second-order valence-corrected chi connectivity index (χ2v) is 7.43. The van der Waals surface area contributed by atoms with E-state index in [1.54, 1.807) is 0 Å². The molecule has 112 valence electrons. The van der Waals surface area contributed by atoms with Crippen LogP contribution in [-0.4, -0.2) is 36.1 Å². The summed E-state index contributed by atoms with van der Waals surface area (Å²) in [6.45, 7) is 6.11. The molecule has 0 aromatic carbocycles. The summed E-state index contributed by atoms with van der Waals surface area (Å²) in [4.78, 5) is 2.63. The van der Waals surface area contributed by atoms with Gasteiger partial charge >= 0.3 is 0 Å². The molecule has 0 amide bonds. The van der Waals surface area contributed by atoms with Gasteiger partial charge in [0.1, 0.15) is 5.54 Å². The lowest BCUT2D eigenvalue weighted by molar-refractivity contribution is 0.163. The molecule has 3 unspecified atom stereocenters. The van der Waals surface area contributed by atoms with Gasteiger partial charge in [0.05, 0.1) is 6.07 Å². The Morgan fingerprint density at radius 3 is 2.80 bits per heavy atom. The summed E-state index contributed by atoms with van der Waals surface area (Å²) in [5, 5.41) is 13.4. The van der Waals surface area contributed by atoms with Crippen LogP contribution in [0.1, 0.15) is 58.3 Å². The number of rotatable bonds is 5. The number of piperidine rings is 1. The van der Waals surface area contributed by atoms with E-state index in [1.807, 2.05) is 0 Å². The van der Waals surface area contributed by atoms with E-state index in [1.165, 1.54) is 64.6 Å². The van der Waals surface area contributed by atoms with Crippen molar-refractivity contribution in [3.05, 3.63) is 0 Å². The fourth-order valence-corrected chi connectivity index (χ4v) is 4.26. The van der Waals surface area contributed by atoms with E-state index in [2.05, 4.69) is 23.2 Å². The van der Waals surface area contributed by atoms with Crippen molar-refractivity contribution in [1.29, 1.82) is 5.26 Å². The molecule has 3 nitrogen and oxygen atoms in total. The number of likely N-dealkylation sites (tertiary alicyclic amines) is 1. The lowest BCUT2D eigenvalue weighted by atomic mass is 9.85. The summed E-state index contributed by atoms with van der Waals surface area (Å²) in [5.74, 6) is 1.43. The van der Waals surface area contributed by atoms with Crippen molar-refractivity contribution >= 4 is 0 Å². The highest BCUT2D eigenvalue weighted by atomic mass is 15.1. The van der Waals surface area contributed by atoms with Crippen molar-refractivity contribution in [2.75, 3.05) is 19.6 Å². The van der Waals surface area contributed by atoms with Gasteiger partial charge in [0.25, 0.3) is 0 Å². The Kier molecular flexibility index (Phi) is 4.33. The first-order valence-corrected chi connectivity index (χ1v) is 8.63. The van der Waals surface area contributed by atoms with Crippen LogP contribution in [0.4, 0.5) is 0 Å². The molecule has 1 aliphatic heterocycles. The van der Waals surface area contributed by atoms with Crippen LogP contribution in [0.25, 0.3) is 0 Å². The predicted octanol–water partition coefficient (Wildman–Crippen LogP) is 2.92. The smallest absolute Gasteiger partial charge is 0.109 e. The largest absolute Gasteiger partial charge is 0.303 e. The van der Waals surface area contributed by atoms with Gasteiger partial charge < -0.3 is 4.90 Å². The van der Waals surface area contributed by atoms with Gasteiger partial charge in [-0.05, 0) is 69.9 Å². The molecule has 3 rings (SSSR count). The summed E-state index contributed by atoms with van der Waals surface area (Å²) < 4.78 is 0. The molecular weight excluding hydrogens is 246 g/mol. The molecule has 2 aliphatic carbocycles. The van der Waals surface area contributed by atoms with Crippen molar-refractivity contribution < 1.29 is 0 Å². The van der Waals surface area contributed by atoms with Crippen LogP contribution in [0.15, 0.2) is 0 Å². The Hall–Kier alpha value is -0.590. The minimum atomic E-state index is -0.192. The first-order valence-electron chi connectivity index (χ1n) is 8.63. The molecule has 3 fully saturated rings. The molecule has 3 heteroatoms. The van der Waals surface area contributed by atoms with Crippen LogP contribution < -0.4 is 5.32 Å². The zero-order valence-corrected chi connectivity index (χ0v) is 12.9. The molecule has 0 radical (unpaired) electrons. The van der Waals surface area contributed by atoms with Gasteiger partial charge in [-0.1, -0.05) is 13.3 Å². The van der Waals surface area contributed by atoms with Crippen molar-refractivity contribution in [3.8, 4) is 6.07 Å². The third-order valence-corrected chi connectivity index (χ3v) is 5.59. The topological polar surface area (TPSA) is 39.1 Å². The van der Waals surface area contributed by atoms with Gasteiger partial charge in [-0.3, -0.25) is 5.32 Å². The Labute approximate surface area is 123 Å². The minimum Gasteiger partial charge on any atom is -0.303 e. The van der Waals surface area contributed by atoms with Crippen LogP contribution in [0.3, 0.4) is 0 Å². The molecule has 1 N–H and O–H groups in total. The molecule has 20 heavy (non-hydrogen) atoms. The number of nitriles is 1. The van der Waals surface area contributed by atoms with Gasteiger partial charge in [-0.15, -0.1) is 0 Å². The molecular formula is C17H29N3.